The van der Waals surface area contributed by atoms with Crippen LogP contribution in [-0.4, -0.2) is 38.5 Å². The first-order valence-electron chi connectivity index (χ1n) is 7.00. The van der Waals surface area contributed by atoms with Crippen molar-refractivity contribution in [2.24, 2.45) is 0 Å². The summed E-state index contributed by atoms with van der Waals surface area (Å²) in [4.78, 5) is 4.37. The Morgan fingerprint density at radius 1 is 1.05 bits per heavy atom. The van der Waals surface area contributed by atoms with Crippen LogP contribution in [0.5, 0.6) is 0 Å². The number of hydrogen-bond acceptors (Lipinski definition) is 4. The molecule has 0 aliphatic carbocycles. The Bertz CT molecular complexity index is 562. The van der Waals surface area contributed by atoms with E-state index in [2.05, 4.69) is 4.98 Å². The van der Waals surface area contributed by atoms with Crippen LogP contribution in [-0.2, 0) is 20.8 Å². The second-order valence-corrected chi connectivity index (χ2v) is 5.00. The van der Waals surface area contributed by atoms with E-state index in [1.54, 1.807) is 7.11 Å². The van der Waals surface area contributed by atoms with Crippen LogP contribution < -0.4 is 0 Å². The largest absolute Gasteiger partial charge is 0.382 e. The van der Waals surface area contributed by atoms with Gasteiger partial charge in [-0.2, -0.15) is 0 Å². The number of methoxy groups -OCH3 is 1. The van der Waals surface area contributed by atoms with Gasteiger partial charge in [-0.15, -0.1) is 0 Å². The smallest absolute Gasteiger partial charge is 0.135 e. The molecule has 114 valence electrons. The van der Waals surface area contributed by atoms with E-state index >= 15 is 0 Å². The van der Waals surface area contributed by atoms with Gasteiger partial charge in [-0.3, -0.25) is 0 Å². The van der Waals surface area contributed by atoms with Crippen molar-refractivity contribution in [3.05, 3.63) is 41.0 Å². The summed E-state index contributed by atoms with van der Waals surface area (Å²) in [6.07, 6.45) is 0.850. The van der Waals surface area contributed by atoms with Crippen LogP contribution in [0.1, 0.15) is 12.0 Å². The van der Waals surface area contributed by atoms with E-state index in [-0.39, 0.29) is 0 Å². The summed E-state index contributed by atoms with van der Waals surface area (Å²) in [5.41, 5.74) is 1.81. The summed E-state index contributed by atoms with van der Waals surface area (Å²) in [7, 11) is 1.66. The third-order valence-corrected chi connectivity index (χ3v) is 3.34. The second-order valence-electron chi connectivity index (χ2n) is 4.64. The molecule has 4 nitrogen and oxygen atoms in total. The van der Waals surface area contributed by atoms with Gasteiger partial charge in [0.05, 0.1) is 25.3 Å². The molecule has 0 saturated carbocycles. The number of halogens is 1. The Labute approximate surface area is 130 Å². The first-order chi connectivity index (χ1) is 10.3. The van der Waals surface area contributed by atoms with E-state index < -0.39 is 0 Å². The van der Waals surface area contributed by atoms with Crippen molar-refractivity contribution < 1.29 is 14.2 Å². The van der Waals surface area contributed by atoms with Gasteiger partial charge in [0.25, 0.3) is 0 Å². The Morgan fingerprint density at radius 2 is 1.86 bits per heavy atom. The maximum atomic E-state index is 6.17. The minimum Gasteiger partial charge on any atom is -0.382 e. The molecule has 2 aromatic rings. The van der Waals surface area contributed by atoms with Gasteiger partial charge in [-0.1, -0.05) is 29.8 Å². The van der Waals surface area contributed by atoms with Crippen LogP contribution in [0.25, 0.3) is 10.9 Å². The molecule has 1 aromatic heterocycles. The fourth-order valence-electron chi connectivity index (χ4n) is 1.93. The number of hydrogen-bond donors (Lipinski definition) is 0. The van der Waals surface area contributed by atoms with Gasteiger partial charge < -0.3 is 14.2 Å². The van der Waals surface area contributed by atoms with Crippen molar-refractivity contribution in [2.75, 3.05) is 33.5 Å². The Kier molecular flexibility index (Phi) is 6.89. The third kappa shape index (κ3) is 5.25. The van der Waals surface area contributed by atoms with Crippen molar-refractivity contribution in [3.8, 4) is 0 Å². The van der Waals surface area contributed by atoms with Crippen molar-refractivity contribution in [2.45, 2.75) is 13.0 Å². The number of benzene rings is 1. The second kappa shape index (κ2) is 8.95. The van der Waals surface area contributed by atoms with Crippen LogP contribution in [0.4, 0.5) is 0 Å². The van der Waals surface area contributed by atoms with Crippen molar-refractivity contribution >= 4 is 22.5 Å². The third-order valence-electron chi connectivity index (χ3n) is 3.02. The molecule has 1 aromatic carbocycles. The van der Waals surface area contributed by atoms with Gasteiger partial charge in [0.1, 0.15) is 5.15 Å². The maximum absolute atomic E-state index is 6.17. The van der Waals surface area contributed by atoms with Gasteiger partial charge >= 0.3 is 0 Å². The van der Waals surface area contributed by atoms with E-state index in [0.717, 1.165) is 22.9 Å². The lowest BCUT2D eigenvalue weighted by Gasteiger charge is -2.08. The molecule has 0 N–H and O–H groups in total. The lowest BCUT2D eigenvalue weighted by Crippen LogP contribution is -2.06. The highest BCUT2D eigenvalue weighted by molar-refractivity contribution is 6.30. The predicted octanol–water partition coefficient (Wildman–Crippen LogP) is 3.46. The highest BCUT2D eigenvalue weighted by Gasteiger charge is 2.04. The maximum Gasteiger partial charge on any atom is 0.135 e. The molecule has 0 atom stereocenters. The average molecular weight is 310 g/mol. The summed E-state index contributed by atoms with van der Waals surface area (Å²) in [6.45, 7) is 3.02. The van der Waals surface area contributed by atoms with Crippen LogP contribution in [0.3, 0.4) is 0 Å². The van der Waals surface area contributed by atoms with Gasteiger partial charge in [0.15, 0.2) is 0 Å². The summed E-state index contributed by atoms with van der Waals surface area (Å²) >= 11 is 6.17. The quantitative estimate of drug-likeness (QED) is 0.525. The Hall–Kier alpha value is -1.20. The van der Waals surface area contributed by atoms with Crippen LogP contribution >= 0.6 is 11.6 Å². The monoisotopic (exact) mass is 309 g/mol. The van der Waals surface area contributed by atoms with E-state index in [1.165, 1.54) is 0 Å². The molecular weight excluding hydrogens is 290 g/mol. The molecule has 0 aliphatic heterocycles. The first kappa shape index (κ1) is 16.2. The fraction of sp³-hybridized carbons (Fsp3) is 0.438. The highest BCUT2D eigenvalue weighted by Crippen LogP contribution is 2.21. The van der Waals surface area contributed by atoms with E-state index in [9.17, 15) is 0 Å². The Balaban J connectivity index is 1.74. The molecular formula is C16H20ClNO3. The molecule has 0 fully saturated rings. The van der Waals surface area contributed by atoms with Gasteiger partial charge in [0, 0.05) is 31.3 Å². The minimum atomic E-state index is 0.467. The summed E-state index contributed by atoms with van der Waals surface area (Å²) in [5, 5.41) is 1.58. The van der Waals surface area contributed by atoms with E-state index in [0.29, 0.717) is 38.2 Å². The van der Waals surface area contributed by atoms with Gasteiger partial charge in [-0.25, -0.2) is 4.98 Å². The van der Waals surface area contributed by atoms with Crippen molar-refractivity contribution in [1.82, 2.24) is 4.98 Å². The molecule has 0 radical (unpaired) electrons. The number of ether oxygens (including phenoxy) is 3. The fourth-order valence-corrected chi connectivity index (χ4v) is 2.13. The number of fused-ring (bicyclic) bond motifs is 1. The van der Waals surface area contributed by atoms with Crippen LogP contribution in [0.15, 0.2) is 30.3 Å². The molecule has 0 spiro atoms. The molecule has 0 saturated heterocycles. The standard InChI is InChI=1S/C16H20ClNO3/c1-19-9-10-20-7-4-8-21-12-14-11-13-5-2-3-6-15(13)18-16(14)17/h2-3,5-6,11H,4,7-10,12H2,1H3. The summed E-state index contributed by atoms with van der Waals surface area (Å²) in [6, 6.07) is 9.93. The molecule has 0 bridgehead atoms. The highest BCUT2D eigenvalue weighted by atomic mass is 35.5. The normalized spacial score (nSPS) is 11.1. The molecule has 2 rings (SSSR count). The topological polar surface area (TPSA) is 40.6 Å². The zero-order chi connectivity index (χ0) is 14.9. The molecule has 0 unspecified atom stereocenters. The summed E-state index contributed by atoms with van der Waals surface area (Å²) < 4.78 is 15.9. The van der Waals surface area contributed by atoms with Crippen LogP contribution in [0.2, 0.25) is 5.15 Å². The van der Waals surface area contributed by atoms with E-state index in [4.69, 9.17) is 25.8 Å². The lowest BCUT2D eigenvalue weighted by atomic mass is 10.2. The number of para-hydroxylation sites is 1. The van der Waals surface area contributed by atoms with E-state index in [1.807, 2.05) is 30.3 Å². The number of nitrogens with zero attached hydrogens (tertiary/aromatic N) is 1. The SMILES string of the molecule is COCCOCCCOCc1cc2ccccc2nc1Cl. The average Bonchev–Trinajstić information content (AvgIpc) is 2.50. The number of rotatable bonds is 9. The van der Waals surface area contributed by atoms with Crippen molar-refractivity contribution in [1.29, 1.82) is 0 Å². The minimum absolute atomic E-state index is 0.467. The molecule has 0 amide bonds. The summed E-state index contributed by atoms with van der Waals surface area (Å²) in [5.74, 6) is 0. The zero-order valence-corrected chi connectivity index (χ0v) is 12.9. The van der Waals surface area contributed by atoms with Gasteiger partial charge in [0.2, 0.25) is 0 Å². The number of aromatic nitrogens is 1. The zero-order valence-electron chi connectivity index (χ0n) is 12.2. The molecule has 0 aliphatic rings. The van der Waals surface area contributed by atoms with Crippen LogP contribution in [0, 0.1) is 0 Å². The molecule has 21 heavy (non-hydrogen) atoms. The van der Waals surface area contributed by atoms with Gasteiger partial charge in [-0.05, 0) is 18.6 Å². The lowest BCUT2D eigenvalue weighted by molar-refractivity contribution is 0.0483. The Morgan fingerprint density at radius 3 is 2.71 bits per heavy atom. The predicted molar refractivity (Wildman–Crippen MR) is 83.7 cm³/mol. The number of pyridine rings is 1. The molecule has 5 heteroatoms. The van der Waals surface area contributed by atoms with Crippen molar-refractivity contribution in [3.63, 3.8) is 0 Å². The first-order valence-corrected chi connectivity index (χ1v) is 7.37. The molecule has 1 heterocycles.